The quantitative estimate of drug-likeness (QED) is 0.727. The summed E-state index contributed by atoms with van der Waals surface area (Å²) in [5, 5.41) is 8.81. The van der Waals surface area contributed by atoms with Gasteiger partial charge < -0.3 is 14.7 Å². The van der Waals surface area contributed by atoms with E-state index in [-0.39, 0.29) is 29.2 Å². The van der Waals surface area contributed by atoms with Gasteiger partial charge in [0.1, 0.15) is 10.6 Å². The first-order chi connectivity index (χ1) is 12.3. The van der Waals surface area contributed by atoms with Gasteiger partial charge in [-0.05, 0) is 38.0 Å². The Balaban J connectivity index is 2.36. The Kier molecular flexibility index (Phi) is 6.60. The lowest BCUT2D eigenvalue weighted by Gasteiger charge is -2.22. The van der Waals surface area contributed by atoms with Crippen molar-refractivity contribution in [3.63, 3.8) is 0 Å². The lowest BCUT2D eigenvalue weighted by Crippen LogP contribution is -2.33. The lowest BCUT2D eigenvalue weighted by molar-refractivity contribution is -0.137. The Morgan fingerprint density at radius 1 is 1.27 bits per heavy atom. The Morgan fingerprint density at radius 2 is 1.92 bits per heavy atom. The molecule has 1 fully saturated rings. The maximum absolute atomic E-state index is 12.9. The molecular weight excluding hydrogens is 360 g/mol. The Labute approximate surface area is 153 Å². The molecule has 1 amide bonds. The van der Waals surface area contributed by atoms with Crippen LogP contribution in [0.15, 0.2) is 23.1 Å². The summed E-state index contributed by atoms with van der Waals surface area (Å²) in [6, 6.07) is 4.27. The molecule has 0 radical (unpaired) electrons. The van der Waals surface area contributed by atoms with E-state index in [9.17, 15) is 18.0 Å². The zero-order valence-electron chi connectivity index (χ0n) is 15.0. The molecule has 0 atom stereocenters. The van der Waals surface area contributed by atoms with E-state index >= 15 is 0 Å². The van der Waals surface area contributed by atoms with Crippen LogP contribution in [0.25, 0.3) is 0 Å². The van der Waals surface area contributed by atoms with Crippen LogP contribution in [0.1, 0.15) is 36.5 Å². The normalized spacial score (nSPS) is 15.0. The third-order valence-electron chi connectivity index (χ3n) is 4.36. The maximum Gasteiger partial charge on any atom is 0.305 e. The molecule has 2 rings (SSSR count). The first-order valence-corrected chi connectivity index (χ1v) is 9.94. The second kappa shape index (κ2) is 8.50. The monoisotopic (exact) mass is 384 g/mol. The third kappa shape index (κ3) is 4.34. The van der Waals surface area contributed by atoms with E-state index in [0.717, 1.165) is 12.8 Å². The van der Waals surface area contributed by atoms with E-state index in [0.29, 0.717) is 19.6 Å². The number of methoxy groups -OCH3 is 1. The molecule has 1 aromatic carbocycles. The minimum atomic E-state index is -3.75. The number of hydrogen-bond acceptors (Lipinski definition) is 5. The highest BCUT2D eigenvalue weighted by Crippen LogP contribution is 2.30. The minimum Gasteiger partial charge on any atom is -0.495 e. The van der Waals surface area contributed by atoms with Crippen LogP contribution >= 0.6 is 0 Å². The van der Waals surface area contributed by atoms with Crippen molar-refractivity contribution in [2.75, 3.05) is 33.3 Å². The molecule has 1 aromatic rings. The molecule has 8 nitrogen and oxygen atoms in total. The molecule has 0 unspecified atom stereocenters. The van der Waals surface area contributed by atoms with Crippen LogP contribution in [-0.2, 0) is 14.8 Å². The SMILES string of the molecule is CCN(CCC(=O)O)C(=O)c1ccc(OC)c(S(=O)(=O)N2CCCC2)c1. The fourth-order valence-corrected chi connectivity index (χ4v) is 4.59. The number of amides is 1. The van der Waals surface area contributed by atoms with Crippen LogP contribution in [0, 0.1) is 0 Å². The smallest absolute Gasteiger partial charge is 0.305 e. The zero-order chi connectivity index (χ0) is 19.3. The second-order valence-electron chi connectivity index (χ2n) is 6.01. The molecule has 0 aromatic heterocycles. The number of carbonyl (C=O) groups is 2. The van der Waals surface area contributed by atoms with Crippen molar-refractivity contribution in [2.24, 2.45) is 0 Å². The van der Waals surface area contributed by atoms with Gasteiger partial charge in [-0.25, -0.2) is 8.42 Å². The zero-order valence-corrected chi connectivity index (χ0v) is 15.8. The summed E-state index contributed by atoms with van der Waals surface area (Å²) in [7, 11) is -2.37. The van der Waals surface area contributed by atoms with Gasteiger partial charge in [-0.1, -0.05) is 0 Å². The molecule has 0 saturated carbocycles. The highest BCUT2D eigenvalue weighted by molar-refractivity contribution is 7.89. The average molecular weight is 384 g/mol. The van der Waals surface area contributed by atoms with Gasteiger partial charge in [-0.15, -0.1) is 0 Å². The van der Waals surface area contributed by atoms with Crippen LogP contribution < -0.4 is 4.74 Å². The number of ether oxygens (including phenoxy) is 1. The lowest BCUT2D eigenvalue weighted by atomic mass is 10.2. The standard InChI is InChI=1S/C17H24N2O6S/c1-3-18(11-8-16(20)21)17(22)13-6-7-14(25-2)15(12-13)26(23,24)19-9-4-5-10-19/h6-7,12H,3-5,8-11H2,1-2H3,(H,20,21). The first-order valence-electron chi connectivity index (χ1n) is 8.50. The minimum absolute atomic E-state index is 0.0398. The Hall–Kier alpha value is -2.13. The predicted octanol–water partition coefficient (Wildman–Crippen LogP) is 1.42. The fourth-order valence-electron chi connectivity index (χ4n) is 2.90. The van der Waals surface area contributed by atoms with Crippen molar-refractivity contribution in [2.45, 2.75) is 31.1 Å². The number of rotatable bonds is 8. The molecule has 1 aliphatic heterocycles. The van der Waals surface area contributed by atoms with Crippen LogP contribution in [0.4, 0.5) is 0 Å². The molecule has 26 heavy (non-hydrogen) atoms. The van der Waals surface area contributed by atoms with Crippen LogP contribution in [0.2, 0.25) is 0 Å². The Bertz CT molecular complexity index is 771. The van der Waals surface area contributed by atoms with Gasteiger partial charge in [0.05, 0.1) is 13.5 Å². The average Bonchev–Trinajstić information content (AvgIpc) is 3.16. The van der Waals surface area contributed by atoms with Crippen molar-refractivity contribution < 1.29 is 27.9 Å². The highest BCUT2D eigenvalue weighted by atomic mass is 32.2. The van der Waals surface area contributed by atoms with Crippen molar-refractivity contribution in [3.8, 4) is 5.75 Å². The van der Waals surface area contributed by atoms with Crippen molar-refractivity contribution in [3.05, 3.63) is 23.8 Å². The van der Waals surface area contributed by atoms with Gasteiger partial charge >= 0.3 is 5.97 Å². The number of aliphatic carboxylic acids is 1. The highest BCUT2D eigenvalue weighted by Gasteiger charge is 2.31. The molecule has 1 heterocycles. The second-order valence-corrected chi connectivity index (χ2v) is 7.91. The summed E-state index contributed by atoms with van der Waals surface area (Å²) in [5.41, 5.74) is 0.191. The summed E-state index contributed by atoms with van der Waals surface area (Å²) < 4.78 is 32.3. The number of carboxylic acids is 1. The van der Waals surface area contributed by atoms with Gasteiger partial charge in [0.2, 0.25) is 10.0 Å². The summed E-state index contributed by atoms with van der Waals surface area (Å²) >= 11 is 0. The van der Waals surface area contributed by atoms with E-state index in [4.69, 9.17) is 9.84 Å². The van der Waals surface area contributed by atoms with Crippen molar-refractivity contribution in [1.82, 2.24) is 9.21 Å². The van der Waals surface area contributed by atoms with Gasteiger partial charge in [0.25, 0.3) is 5.91 Å². The van der Waals surface area contributed by atoms with Gasteiger partial charge in [-0.3, -0.25) is 9.59 Å². The van der Waals surface area contributed by atoms with Gasteiger partial charge in [0.15, 0.2) is 0 Å². The number of sulfonamides is 1. The van der Waals surface area contributed by atoms with E-state index in [1.165, 1.54) is 34.5 Å². The predicted molar refractivity (Wildman–Crippen MR) is 94.8 cm³/mol. The molecule has 1 N–H and O–H groups in total. The van der Waals surface area contributed by atoms with Crippen LogP contribution in [0.5, 0.6) is 5.75 Å². The van der Waals surface area contributed by atoms with Gasteiger partial charge in [-0.2, -0.15) is 4.31 Å². The first kappa shape index (κ1) is 20.2. The summed E-state index contributed by atoms with van der Waals surface area (Å²) in [6.07, 6.45) is 1.44. The van der Waals surface area contributed by atoms with Crippen LogP contribution in [0.3, 0.4) is 0 Å². The maximum atomic E-state index is 12.9. The fraction of sp³-hybridized carbons (Fsp3) is 0.529. The van der Waals surface area contributed by atoms with E-state index in [1.54, 1.807) is 6.92 Å². The summed E-state index contributed by atoms with van der Waals surface area (Å²) in [5.74, 6) is -1.22. The molecule has 0 spiro atoms. The number of carboxylic acid groups (broad SMARTS) is 1. The van der Waals surface area contributed by atoms with Gasteiger partial charge in [0, 0.05) is 31.7 Å². The number of benzene rings is 1. The summed E-state index contributed by atoms with van der Waals surface area (Å²) in [6.45, 7) is 3.02. The molecular formula is C17H24N2O6S. The topological polar surface area (TPSA) is 104 Å². The van der Waals surface area contributed by atoms with Crippen LogP contribution in [-0.4, -0.2) is 67.9 Å². The van der Waals surface area contributed by atoms with E-state index < -0.39 is 21.9 Å². The molecule has 144 valence electrons. The van der Waals surface area contributed by atoms with E-state index in [1.807, 2.05) is 0 Å². The number of hydrogen-bond donors (Lipinski definition) is 1. The molecule has 1 aliphatic rings. The molecule has 1 saturated heterocycles. The van der Waals surface area contributed by atoms with Crippen molar-refractivity contribution in [1.29, 1.82) is 0 Å². The number of carbonyl (C=O) groups excluding carboxylic acids is 1. The largest absolute Gasteiger partial charge is 0.495 e. The Morgan fingerprint density at radius 3 is 2.46 bits per heavy atom. The number of nitrogens with zero attached hydrogens (tertiary/aromatic N) is 2. The molecule has 9 heteroatoms. The molecule has 0 aliphatic carbocycles. The third-order valence-corrected chi connectivity index (χ3v) is 6.28. The summed E-state index contributed by atoms with van der Waals surface area (Å²) in [4.78, 5) is 24.8. The van der Waals surface area contributed by atoms with E-state index in [2.05, 4.69) is 0 Å². The molecule has 0 bridgehead atoms. The van der Waals surface area contributed by atoms with Crippen molar-refractivity contribution >= 4 is 21.9 Å².